The van der Waals surface area contributed by atoms with Gasteiger partial charge in [-0.3, -0.25) is 0 Å². The number of aryl methyl sites for hydroxylation is 1. The van der Waals surface area contributed by atoms with E-state index in [0.717, 1.165) is 18.6 Å². The van der Waals surface area contributed by atoms with Gasteiger partial charge in [0.15, 0.2) is 0 Å². The maximum absolute atomic E-state index is 9.78. The number of benzene rings is 1. The van der Waals surface area contributed by atoms with Gasteiger partial charge in [0.25, 0.3) is 0 Å². The van der Waals surface area contributed by atoms with Crippen molar-refractivity contribution in [3.63, 3.8) is 0 Å². The van der Waals surface area contributed by atoms with Gasteiger partial charge in [-0.25, -0.2) is 0 Å². The first kappa shape index (κ1) is 13.5. The van der Waals surface area contributed by atoms with E-state index >= 15 is 0 Å². The summed E-state index contributed by atoms with van der Waals surface area (Å²) >= 11 is 3.51. The molecule has 0 aliphatic rings. The van der Waals surface area contributed by atoms with E-state index in [1.54, 1.807) is 7.11 Å². The zero-order chi connectivity index (χ0) is 12.2. The molecule has 0 saturated heterocycles. The lowest BCUT2D eigenvalue weighted by molar-refractivity contribution is 0.0774. The van der Waals surface area contributed by atoms with E-state index in [0.29, 0.717) is 0 Å². The smallest absolute Gasteiger partial charge is 0.118 e. The van der Waals surface area contributed by atoms with Crippen LogP contribution in [0.5, 0.6) is 5.75 Å². The summed E-state index contributed by atoms with van der Waals surface area (Å²) in [7, 11) is 1.66. The molecule has 0 spiro atoms. The summed E-state index contributed by atoms with van der Waals surface area (Å²) in [5.74, 6) is 0.877. The molecule has 90 valence electrons. The molecule has 0 aliphatic heterocycles. The van der Waals surface area contributed by atoms with E-state index in [-0.39, 0.29) is 4.83 Å². The van der Waals surface area contributed by atoms with Crippen molar-refractivity contribution >= 4 is 15.9 Å². The molecule has 0 aromatic heterocycles. The molecule has 0 bridgehead atoms. The van der Waals surface area contributed by atoms with Crippen LogP contribution in [-0.4, -0.2) is 22.6 Å². The first-order valence-electron chi connectivity index (χ1n) is 5.43. The Morgan fingerprint density at radius 2 is 1.88 bits per heavy atom. The van der Waals surface area contributed by atoms with E-state index in [2.05, 4.69) is 28.1 Å². The largest absolute Gasteiger partial charge is 0.497 e. The van der Waals surface area contributed by atoms with Gasteiger partial charge in [0, 0.05) is 4.83 Å². The van der Waals surface area contributed by atoms with E-state index in [9.17, 15) is 5.11 Å². The molecule has 16 heavy (non-hydrogen) atoms. The Balaban J connectivity index is 2.48. The Labute approximate surface area is 106 Å². The molecule has 0 heterocycles. The van der Waals surface area contributed by atoms with Crippen molar-refractivity contribution in [3.05, 3.63) is 29.8 Å². The fourth-order valence-electron chi connectivity index (χ4n) is 1.44. The summed E-state index contributed by atoms with van der Waals surface area (Å²) in [5.41, 5.74) is 0.585. The Bertz CT molecular complexity index is 314. The second-order valence-corrected chi connectivity index (χ2v) is 5.61. The molecule has 1 aromatic carbocycles. The van der Waals surface area contributed by atoms with Gasteiger partial charge < -0.3 is 9.84 Å². The third-order valence-electron chi connectivity index (χ3n) is 2.61. The molecule has 3 heteroatoms. The molecule has 0 saturated carbocycles. The second kappa shape index (κ2) is 5.69. The van der Waals surface area contributed by atoms with Crippen molar-refractivity contribution in [1.82, 2.24) is 0 Å². The van der Waals surface area contributed by atoms with Crippen molar-refractivity contribution in [3.8, 4) is 5.75 Å². The van der Waals surface area contributed by atoms with Crippen LogP contribution in [0.2, 0.25) is 0 Å². The summed E-state index contributed by atoms with van der Waals surface area (Å²) in [6.07, 6.45) is 1.86. The molecule has 2 nitrogen and oxygen atoms in total. The predicted octanol–water partition coefficient (Wildman–Crippen LogP) is 3.16. The second-order valence-electron chi connectivity index (χ2n) is 4.51. The average molecular weight is 287 g/mol. The highest BCUT2D eigenvalue weighted by Crippen LogP contribution is 2.23. The lowest BCUT2D eigenvalue weighted by atomic mass is 9.99. The highest BCUT2D eigenvalue weighted by Gasteiger charge is 2.23. The van der Waals surface area contributed by atoms with Crippen LogP contribution < -0.4 is 4.74 Å². The van der Waals surface area contributed by atoms with Crippen LogP contribution in [-0.2, 0) is 6.42 Å². The molecule has 0 unspecified atom stereocenters. The predicted molar refractivity (Wildman–Crippen MR) is 70.3 cm³/mol. The van der Waals surface area contributed by atoms with Crippen LogP contribution in [0.4, 0.5) is 0 Å². The zero-order valence-corrected chi connectivity index (χ0v) is 11.6. The lowest BCUT2D eigenvalue weighted by Crippen LogP contribution is -2.31. The molecule has 0 amide bonds. The van der Waals surface area contributed by atoms with Crippen LogP contribution in [0.3, 0.4) is 0 Å². The van der Waals surface area contributed by atoms with Crippen LogP contribution in [0.1, 0.15) is 25.8 Å². The number of aliphatic hydroxyl groups is 1. The summed E-state index contributed by atoms with van der Waals surface area (Å²) in [5, 5.41) is 9.78. The average Bonchev–Trinajstić information content (AvgIpc) is 2.25. The lowest BCUT2D eigenvalue weighted by Gasteiger charge is -2.24. The van der Waals surface area contributed by atoms with E-state index in [1.807, 2.05) is 26.0 Å². The quantitative estimate of drug-likeness (QED) is 0.843. The fraction of sp³-hybridized carbons (Fsp3) is 0.538. The Kier molecular flexibility index (Phi) is 4.81. The molecular formula is C13H19BrO2. The summed E-state index contributed by atoms with van der Waals surface area (Å²) < 4.78 is 5.10. The van der Waals surface area contributed by atoms with Crippen molar-refractivity contribution in [1.29, 1.82) is 0 Å². The summed E-state index contributed by atoms with van der Waals surface area (Å²) in [6, 6.07) is 8.04. The van der Waals surface area contributed by atoms with Gasteiger partial charge >= 0.3 is 0 Å². The van der Waals surface area contributed by atoms with Crippen LogP contribution in [0.25, 0.3) is 0 Å². The number of rotatable bonds is 5. The normalized spacial score (nSPS) is 13.6. The Hall–Kier alpha value is -0.540. The van der Waals surface area contributed by atoms with Gasteiger partial charge in [-0.1, -0.05) is 28.1 Å². The summed E-state index contributed by atoms with van der Waals surface area (Å²) in [6.45, 7) is 3.64. The molecule has 0 fully saturated rings. The molecule has 1 rings (SSSR count). The number of hydrogen-bond donors (Lipinski definition) is 1. The monoisotopic (exact) mass is 286 g/mol. The minimum absolute atomic E-state index is 0.113. The van der Waals surface area contributed by atoms with Crippen LogP contribution in [0.15, 0.2) is 24.3 Å². The SMILES string of the molecule is COc1ccc(CC[C@H](Br)C(C)(C)O)cc1. The van der Waals surface area contributed by atoms with Gasteiger partial charge in [-0.05, 0) is 44.4 Å². The van der Waals surface area contributed by atoms with Crippen molar-refractivity contribution in [2.75, 3.05) is 7.11 Å². The zero-order valence-electron chi connectivity index (χ0n) is 10.0. The van der Waals surface area contributed by atoms with Crippen molar-refractivity contribution in [2.45, 2.75) is 37.1 Å². The third kappa shape index (κ3) is 4.14. The van der Waals surface area contributed by atoms with Gasteiger partial charge in [0.1, 0.15) is 5.75 Å². The van der Waals surface area contributed by atoms with Crippen molar-refractivity contribution < 1.29 is 9.84 Å². The van der Waals surface area contributed by atoms with E-state index in [1.165, 1.54) is 5.56 Å². The molecule has 1 atom stereocenters. The Morgan fingerprint density at radius 1 is 1.31 bits per heavy atom. The maximum Gasteiger partial charge on any atom is 0.118 e. The van der Waals surface area contributed by atoms with Gasteiger partial charge in [0.2, 0.25) is 0 Å². The van der Waals surface area contributed by atoms with Crippen LogP contribution in [0, 0.1) is 0 Å². The Morgan fingerprint density at radius 3 is 2.31 bits per heavy atom. The number of hydrogen-bond acceptors (Lipinski definition) is 2. The number of ether oxygens (including phenoxy) is 1. The standard InChI is InChI=1S/C13H19BrO2/c1-13(2,15)12(14)9-6-10-4-7-11(16-3)8-5-10/h4-5,7-8,12,15H,6,9H2,1-3H3/t12-/m0/s1. The van der Waals surface area contributed by atoms with Crippen molar-refractivity contribution in [2.24, 2.45) is 0 Å². The van der Waals surface area contributed by atoms with E-state index < -0.39 is 5.60 Å². The topological polar surface area (TPSA) is 29.5 Å². The minimum atomic E-state index is -0.674. The highest BCUT2D eigenvalue weighted by molar-refractivity contribution is 9.09. The van der Waals surface area contributed by atoms with Gasteiger partial charge in [-0.2, -0.15) is 0 Å². The molecule has 1 aromatic rings. The summed E-state index contributed by atoms with van der Waals surface area (Å²) in [4.78, 5) is 0.113. The first-order chi connectivity index (χ1) is 7.43. The van der Waals surface area contributed by atoms with Crippen LogP contribution >= 0.6 is 15.9 Å². The van der Waals surface area contributed by atoms with Gasteiger partial charge in [-0.15, -0.1) is 0 Å². The van der Waals surface area contributed by atoms with Gasteiger partial charge in [0.05, 0.1) is 12.7 Å². The molecule has 1 N–H and O–H groups in total. The molecule has 0 radical (unpaired) electrons. The first-order valence-corrected chi connectivity index (χ1v) is 6.34. The maximum atomic E-state index is 9.78. The molecule has 0 aliphatic carbocycles. The van der Waals surface area contributed by atoms with E-state index in [4.69, 9.17) is 4.74 Å². The third-order valence-corrected chi connectivity index (χ3v) is 4.19. The highest BCUT2D eigenvalue weighted by atomic mass is 79.9. The molecular weight excluding hydrogens is 268 g/mol. The minimum Gasteiger partial charge on any atom is -0.497 e. The number of methoxy groups -OCH3 is 1. The number of halogens is 1. The number of alkyl halides is 1. The fourth-order valence-corrected chi connectivity index (χ4v) is 1.67.